The molecular formula is C16H17FN4S. The van der Waals surface area contributed by atoms with Crippen molar-refractivity contribution in [3.05, 3.63) is 47.4 Å². The van der Waals surface area contributed by atoms with Crippen molar-refractivity contribution < 1.29 is 4.39 Å². The van der Waals surface area contributed by atoms with E-state index in [0.29, 0.717) is 0 Å². The fourth-order valence-corrected chi connectivity index (χ4v) is 3.65. The molecule has 4 rings (SSSR count). The molecule has 1 fully saturated rings. The van der Waals surface area contributed by atoms with E-state index in [1.165, 1.54) is 12.3 Å². The van der Waals surface area contributed by atoms with Crippen LogP contribution in [0.3, 0.4) is 0 Å². The van der Waals surface area contributed by atoms with E-state index in [1.54, 1.807) is 17.4 Å². The van der Waals surface area contributed by atoms with Crippen LogP contribution >= 0.6 is 11.3 Å². The third-order valence-corrected chi connectivity index (χ3v) is 4.90. The number of thiophene rings is 1. The van der Waals surface area contributed by atoms with Crippen LogP contribution in [-0.2, 0) is 6.54 Å². The van der Waals surface area contributed by atoms with E-state index in [2.05, 4.69) is 21.7 Å². The average Bonchev–Trinajstić information content (AvgIpc) is 3.17. The minimum atomic E-state index is -0.232. The zero-order valence-corrected chi connectivity index (χ0v) is 12.9. The monoisotopic (exact) mass is 316 g/mol. The lowest BCUT2D eigenvalue weighted by Crippen LogP contribution is -2.43. The van der Waals surface area contributed by atoms with Crippen LogP contribution in [0.15, 0.2) is 35.8 Å². The molecule has 1 aliphatic rings. The zero-order valence-electron chi connectivity index (χ0n) is 12.1. The molecule has 0 spiro atoms. The van der Waals surface area contributed by atoms with E-state index in [0.717, 1.165) is 54.6 Å². The van der Waals surface area contributed by atoms with Crippen molar-refractivity contribution in [2.45, 2.75) is 6.54 Å². The van der Waals surface area contributed by atoms with Gasteiger partial charge in [-0.3, -0.25) is 9.30 Å². The lowest BCUT2D eigenvalue weighted by atomic mass is 10.2. The van der Waals surface area contributed by atoms with Gasteiger partial charge in [-0.2, -0.15) is 0 Å². The number of imidazole rings is 1. The van der Waals surface area contributed by atoms with Gasteiger partial charge in [0.25, 0.3) is 0 Å². The van der Waals surface area contributed by atoms with E-state index in [1.807, 2.05) is 10.5 Å². The van der Waals surface area contributed by atoms with Gasteiger partial charge in [0.2, 0.25) is 0 Å². The molecule has 0 amide bonds. The number of pyridine rings is 1. The highest BCUT2D eigenvalue weighted by atomic mass is 32.1. The van der Waals surface area contributed by atoms with E-state index in [9.17, 15) is 4.39 Å². The van der Waals surface area contributed by atoms with Crippen LogP contribution in [0.1, 0.15) is 5.69 Å². The average molecular weight is 316 g/mol. The van der Waals surface area contributed by atoms with Gasteiger partial charge in [0.15, 0.2) is 0 Å². The van der Waals surface area contributed by atoms with Crippen molar-refractivity contribution in [1.82, 2.24) is 19.6 Å². The summed E-state index contributed by atoms with van der Waals surface area (Å²) < 4.78 is 15.6. The number of aromatic nitrogens is 2. The molecule has 1 aliphatic heterocycles. The number of nitrogens with one attached hydrogen (secondary N) is 1. The van der Waals surface area contributed by atoms with E-state index in [-0.39, 0.29) is 5.82 Å². The van der Waals surface area contributed by atoms with Crippen molar-refractivity contribution in [3.8, 4) is 10.6 Å². The summed E-state index contributed by atoms with van der Waals surface area (Å²) >= 11 is 1.67. The Balaban J connectivity index is 1.81. The lowest BCUT2D eigenvalue weighted by molar-refractivity contribution is 0.230. The topological polar surface area (TPSA) is 32.6 Å². The first-order valence-electron chi connectivity index (χ1n) is 7.45. The van der Waals surface area contributed by atoms with Crippen LogP contribution < -0.4 is 5.32 Å². The predicted molar refractivity (Wildman–Crippen MR) is 86.6 cm³/mol. The largest absolute Gasteiger partial charge is 0.314 e. The standard InChI is InChI=1S/C16H17FN4S/c17-12-3-4-15-19-16(14-2-1-9-22-14)13(21(15)10-12)11-20-7-5-18-6-8-20/h1-4,9-10,18H,5-8,11H2. The first-order valence-corrected chi connectivity index (χ1v) is 8.33. The molecule has 0 saturated carbocycles. The number of rotatable bonds is 3. The van der Waals surface area contributed by atoms with Gasteiger partial charge < -0.3 is 5.32 Å². The fourth-order valence-electron chi connectivity index (χ4n) is 2.91. The molecule has 0 radical (unpaired) electrons. The first-order chi connectivity index (χ1) is 10.8. The molecule has 0 bridgehead atoms. The Kier molecular flexibility index (Phi) is 3.65. The van der Waals surface area contributed by atoms with Gasteiger partial charge in [-0.05, 0) is 23.6 Å². The van der Waals surface area contributed by atoms with Gasteiger partial charge in [0.05, 0.1) is 10.6 Å². The number of piperazine rings is 1. The summed E-state index contributed by atoms with van der Waals surface area (Å²) in [5.41, 5.74) is 2.84. The van der Waals surface area contributed by atoms with Gasteiger partial charge in [0, 0.05) is 38.9 Å². The van der Waals surface area contributed by atoms with Crippen molar-refractivity contribution in [1.29, 1.82) is 0 Å². The maximum atomic E-state index is 13.7. The Bertz CT molecular complexity index is 775. The molecule has 1 N–H and O–H groups in total. The number of hydrogen-bond donors (Lipinski definition) is 1. The Morgan fingerprint density at radius 3 is 2.86 bits per heavy atom. The summed E-state index contributed by atoms with van der Waals surface area (Å²) in [5, 5.41) is 5.41. The molecule has 0 aliphatic carbocycles. The second kappa shape index (κ2) is 5.79. The van der Waals surface area contributed by atoms with E-state index >= 15 is 0 Å². The minimum Gasteiger partial charge on any atom is -0.314 e. The third-order valence-electron chi connectivity index (χ3n) is 4.02. The predicted octanol–water partition coefficient (Wildman–Crippen LogP) is 2.61. The van der Waals surface area contributed by atoms with Crippen molar-refractivity contribution in [2.75, 3.05) is 26.2 Å². The van der Waals surface area contributed by atoms with E-state index in [4.69, 9.17) is 4.98 Å². The molecule has 1 saturated heterocycles. The quantitative estimate of drug-likeness (QED) is 0.806. The summed E-state index contributed by atoms with van der Waals surface area (Å²) in [6.45, 7) is 4.80. The summed E-state index contributed by atoms with van der Waals surface area (Å²) in [7, 11) is 0. The Morgan fingerprint density at radius 1 is 1.23 bits per heavy atom. The minimum absolute atomic E-state index is 0.232. The molecule has 0 unspecified atom stereocenters. The summed E-state index contributed by atoms with van der Waals surface area (Å²) in [5.74, 6) is -0.232. The molecular weight excluding hydrogens is 299 g/mol. The van der Waals surface area contributed by atoms with Crippen LogP contribution in [0, 0.1) is 5.82 Å². The fraction of sp³-hybridized carbons (Fsp3) is 0.312. The highest BCUT2D eigenvalue weighted by molar-refractivity contribution is 7.13. The Morgan fingerprint density at radius 2 is 2.09 bits per heavy atom. The molecule has 0 aromatic carbocycles. The maximum Gasteiger partial charge on any atom is 0.139 e. The molecule has 3 aromatic heterocycles. The lowest BCUT2D eigenvalue weighted by Gasteiger charge is -2.27. The van der Waals surface area contributed by atoms with Gasteiger partial charge >= 0.3 is 0 Å². The number of nitrogens with zero attached hydrogens (tertiary/aromatic N) is 3. The van der Waals surface area contributed by atoms with Gasteiger partial charge in [-0.15, -0.1) is 11.3 Å². The Hall–Kier alpha value is -1.76. The van der Waals surface area contributed by atoms with Crippen molar-refractivity contribution in [3.63, 3.8) is 0 Å². The van der Waals surface area contributed by atoms with Crippen LogP contribution in [0.5, 0.6) is 0 Å². The van der Waals surface area contributed by atoms with Gasteiger partial charge in [-0.1, -0.05) is 6.07 Å². The normalized spacial score (nSPS) is 16.4. The second-order valence-corrected chi connectivity index (χ2v) is 6.43. The smallest absolute Gasteiger partial charge is 0.139 e. The van der Waals surface area contributed by atoms with Crippen LogP contribution in [0.25, 0.3) is 16.2 Å². The highest BCUT2D eigenvalue weighted by Crippen LogP contribution is 2.29. The summed E-state index contributed by atoms with van der Waals surface area (Å²) in [6.07, 6.45) is 1.54. The van der Waals surface area contributed by atoms with Crippen LogP contribution in [0.4, 0.5) is 4.39 Å². The third kappa shape index (κ3) is 2.54. The van der Waals surface area contributed by atoms with Gasteiger partial charge in [-0.25, -0.2) is 9.37 Å². The molecule has 4 heterocycles. The molecule has 4 nitrogen and oxygen atoms in total. The van der Waals surface area contributed by atoms with Gasteiger partial charge in [0.1, 0.15) is 17.2 Å². The molecule has 3 aromatic rings. The molecule has 114 valence electrons. The Labute approximate surface area is 132 Å². The van der Waals surface area contributed by atoms with Crippen LogP contribution in [0.2, 0.25) is 0 Å². The number of fused-ring (bicyclic) bond motifs is 1. The number of halogens is 1. The highest BCUT2D eigenvalue weighted by Gasteiger charge is 2.19. The van der Waals surface area contributed by atoms with E-state index < -0.39 is 0 Å². The van der Waals surface area contributed by atoms with Crippen molar-refractivity contribution >= 4 is 17.0 Å². The molecule has 22 heavy (non-hydrogen) atoms. The summed E-state index contributed by atoms with van der Waals surface area (Å²) in [4.78, 5) is 8.25. The molecule has 6 heteroatoms. The molecule has 0 atom stereocenters. The SMILES string of the molecule is Fc1ccc2nc(-c3cccs3)c(CN3CCNCC3)n2c1. The second-order valence-electron chi connectivity index (χ2n) is 5.49. The number of hydrogen-bond acceptors (Lipinski definition) is 4. The maximum absolute atomic E-state index is 13.7. The summed E-state index contributed by atoms with van der Waals surface area (Å²) in [6, 6.07) is 7.31. The van der Waals surface area contributed by atoms with Crippen molar-refractivity contribution in [2.24, 2.45) is 0 Å². The first kappa shape index (κ1) is 13.9. The zero-order chi connectivity index (χ0) is 14.9. The van der Waals surface area contributed by atoms with Crippen LogP contribution in [-0.4, -0.2) is 40.5 Å².